The van der Waals surface area contributed by atoms with Crippen LogP contribution in [0.1, 0.15) is 50.9 Å². The van der Waals surface area contributed by atoms with Gasteiger partial charge < -0.3 is 10.2 Å². The van der Waals surface area contributed by atoms with Crippen LogP contribution in [0.4, 0.5) is 4.79 Å². The summed E-state index contributed by atoms with van der Waals surface area (Å²) in [5.41, 5.74) is 1.47. The monoisotopic (exact) mass is 618 g/mol. The second-order valence-electron chi connectivity index (χ2n) is 11.9. The number of carbonyl (C=O) groups excluding carboxylic acids is 1. The third-order valence-electron chi connectivity index (χ3n) is 7.38. The Balaban J connectivity index is 1.66. The van der Waals surface area contributed by atoms with Crippen molar-refractivity contribution >= 4 is 29.9 Å². The summed E-state index contributed by atoms with van der Waals surface area (Å²) in [6.07, 6.45) is 4.22. The van der Waals surface area contributed by atoms with Gasteiger partial charge in [0.25, 0.3) is 0 Å². The zero-order valence-electron chi connectivity index (χ0n) is 24.2. The van der Waals surface area contributed by atoms with Crippen LogP contribution in [-0.2, 0) is 0 Å². The van der Waals surface area contributed by atoms with E-state index in [1.165, 1.54) is 9.80 Å². The van der Waals surface area contributed by atoms with E-state index in [0.717, 1.165) is 35.0 Å². The lowest BCUT2D eigenvalue weighted by atomic mass is 10.00. The van der Waals surface area contributed by atoms with Crippen LogP contribution in [0.25, 0.3) is 0 Å². The van der Waals surface area contributed by atoms with Gasteiger partial charge in [-0.1, -0.05) is 12.1 Å². The van der Waals surface area contributed by atoms with E-state index in [0.29, 0.717) is 26.2 Å². The summed E-state index contributed by atoms with van der Waals surface area (Å²) in [5, 5.41) is 23.0. The molecule has 2 aromatic rings. The standard InChI is InChI=1S/C27H38N8O5S2/c1-26(2,41-30-39)17-32-13-21(19-7-5-9-28-11-19)34(23(36)15-32)25(38)35-22(20-8-6-10-29-12-20)14-33(16-24(35)37)18-27(3,4)42-31-40/h5-12,21-24,36-37H,13-18H2,1-4H3. The highest BCUT2D eigenvalue weighted by molar-refractivity contribution is 7.99. The number of hydrogen-bond acceptors (Lipinski definition) is 13. The van der Waals surface area contributed by atoms with Crippen molar-refractivity contribution in [3.63, 3.8) is 0 Å². The van der Waals surface area contributed by atoms with Gasteiger partial charge in [0.1, 0.15) is 12.5 Å². The van der Waals surface area contributed by atoms with E-state index in [1.807, 2.05) is 49.6 Å². The zero-order valence-corrected chi connectivity index (χ0v) is 25.8. The van der Waals surface area contributed by atoms with Gasteiger partial charge >= 0.3 is 6.03 Å². The van der Waals surface area contributed by atoms with Crippen molar-refractivity contribution in [2.45, 2.75) is 61.7 Å². The molecule has 4 rings (SSSR count). The molecule has 0 aromatic carbocycles. The van der Waals surface area contributed by atoms with Crippen LogP contribution in [0, 0.1) is 9.81 Å². The lowest BCUT2D eigenvalue weighted by Crippen LogP contribution is -2.65. The van der Waals surface area contributed by atoms with Crippen molar-refractivity contribution in [3.05, 3.63) is 70.0 Å². The molecule has 15 heteroatoms. The molecule has 2 aromatic heterocycles. The average Bonchev–Trinajstić information content (AvgIpc) is 2.92. The van der Waals surface area contributed by atoms with Gasteiger partial charge in [-0.3, -0.25) is 29.6 Å². The van der Waals surface area contributed by atoms with E-state index in [4.69, 9.17) is 0 Å². The predicted octanol–water partition coefficient (Wildman–Crippen LogP) is 3.64. The van der Waals surface area contributed by atoms with Crippen molar-refractivity contribution in [2.75, 3.05) is 39.3 Å². The molecule has 42 heavy (non-hydrogen) atoms. The molecular formula is C27H38N8O5S2. The molecule has 2 saturated heterocycles. The van der Waals surface area contributed by atoms with Crippen LogP contribution < -0.4 is 0 Å². The number of carbonyl (C=O) groups is 1. The number of rotatable bonds is 10. The van der Waals surface area contributed by atoms with Crippen LogP contribution in [0.3, 0.4) is 0 Å². The topological polar surface area (TPSA) is 155 Å². The van der Waals surface area contributed by atoms with E-state index < -0.39 is 40.1 Å². The second kappa shape index (κ2) is 13.7. The van der Waals surface area contributed by atoms with Gasteiger partial charge in [-0.2, -0.15) is 0 Å². The Labute approximate surface area is 254 Å². The Hall–Kier alpha value is -2.69. The van der Waals surface area contributed by atoms with Gasteiger partial charge in [-0.15, -0.1) is 9.81 Å². The number of amides is 2. The Kier molecular flexibility index (Phi) is 10.5. The van der Waals surface area contributed by atoms with Crippen LogP contribution >= 0.6 is 23.9 Å². The molecule has 13 nitrogen and oxygen atoms in total. The molecule has 0 spiro atoms. The Bertz CT molecular complexity index is 1120. The Morgan fingerprint density at radius 1 is 0.810 bits per heavy atom. The van der Waals surface area contributed by atoms with Crippen molar-refractivity contribution in [2.24, 2.45) is 9.16 Å². The fourth-order valence-corrected chi connectivity index (χ4v) is 6.68. The number of nitroso groups, excluding NO2 is 2. The summed E-state index contributed by atoms with van der Waals surface area (Å²) < 4.78 is 4.98. The highest BCUT2D eigenvalue weighted by Gasteiger charge is 2.46. The quantitative estimate of drug-likeness (QED) is 0.296. The summed E-state index contributed by atoms with van der Waals surface area (Å²) in [5.74, 6) is 0. The minimum atomic E-state index is -1.20. The molecule has 0 radical (unpaired) electrons. The lowest BCUT2D eigenvalue weighted by molar-refractivity contribution is -0.106. The van der Waals surface area contributed by atoms with Gasteiger partial charge in [0, 0.05) is 107 Å². The number of nitrogens with zero attached hydrogens (tertiary/aromatic N) is 8. The summed E-state index contributed by atoms with van der Waals surface area (Å²) >= 11 is 1.87. The van der Waals surface area contributed by atoms with Crippen LogP contribution in [-0.4, -0.2) is 107 Å². The largest absolute Gasteiger partial charge is 0.372 e. The fourth-order valence-electron chi connectivity index (χ4n) is 5.80. The van der Waals surface area contributed by atoms with Crippen LogP contribution in [0.5, 0.6) is 0 Å². The Morgan fingerprint density at radius 2 is 1.21 bits per heavy atom. The third kappa shape index (κ3) is 7.82. The number of urea groups is 1. The van der Waals surface area contributed by atoms with Gasteiger partial charge in [-0.25, -0.2) is 4.79 Å². The lowest BCUT2D eigenvalue weighted by Gasteiger charge is -2.51. The van der Waals surface area contributed by atoms with Gasteiger partial charge in [0.05, 0.1) is 12.1 Å². The first-order valence-corrected chi connectivity index (χ1v) is 15.2. The van der Waals surface area contributed by atoms with Gasteiger partial charge in [0.15, 0.2) is 0 Å². The fraction of sp³-hybridized carbons (Fsp3) is 0.593. The number of β-amino-alcohol motifs (C(OH)–C–C–N with tert-alkyl or cyclic N) is 2. The van der Waals surface area contributed by atoms with Crippen LogP contribution in [0.15, 0.2) is 58.2 Å². The molecule has 0 saturated carbocycles. The maximum atomic E-state index is 14.5. The molecular weight excluding hydrogens is 580 g/mol. The number of aliphatic hydroxyl groups is 2. The molecule has 2 amide bonds. The maximum Gasteiger partial charge on any atom is 0.325 e. The minimum Gasteiger partial charge on any atom is -0.372 e. The normalized spacial score (nSPS) is 24.4. The summed E-state index contributed by atoms with van der Waals surface area (Å²) in [4.78, 5) is 51.8. The highest BCUT2D eigenvalue weighted by Crippen LogP contribution is 2.37. The minimum absolute atomic E-state index is 0.156. The molecule has 2 N–H and O–H groups in total. The first-order valence-electron chi connectivity index (χ1n) is 13.7. The molecule has 0 bridgehead atoms. The third-order valence-corrected chi connectivity index (χ3v) is 8.77. The van der Waals surface area contributed by atoms with Crippen molar-refractivity contribution in [1.82, 2.24) is 29.6 Å². The van der Waals surface area contributed by atoms with Gasteiger partial charge in [0.2, 0.25) is 0 Å². The van der Waals surface area contributed by atoms with Crippen molar-refractivity contribution in [1.29, 1.82) is 0 Å². The number of hydrogen-bond donors (Lipinski definition) is 2. The molecule has 4 unspecified atom stereocenters. The molecule has 2 fully saturated rings. The molecule has 0 aliphatic carbocycles. The van der Waals surface area contributed by atoms with Gasteiger partial charge in [-0.05, 0) is 51.0 Å². The van der Waals surface area contributed by atoms with E-state index in [1.54, 1.807) is 36.9 Å². The highest BCUT2D eigenvalue weighted by atomic mass is 32.2. The maximum absolute atomic E-state index is 14.5. The predicted molar refractivity (Wildman–Crippen MR) is 163 cm³/mol. The summed E-state index contributed by atoms with van der Waals surface area (Å²) in [6, 6.07) is 5.61. The van der Waals surface area contributed by atoms with E-state index >= 15 is 0 Å². The van der Waals surface area contributed by atoms with Crippen LogP contribution in [0.2, 0.25) is 0 Å². The smallest absolute Gasteiger partial charge is 0.325 e. The summed E-state index contributed by atoms with van der Waals surface area (Å²) in [6.45, 7) is 9.62. The number of aromatic nitrogens is 2. The molecule has 2 aliphatic heterocycles. The molecule has 4 heterocycles. The number of pyridine rings is 2. The van der Waals surface area contributed by atoms with Crippen molar-refractivity contribution in [3.8, 4) is 0 Å². The molecule has 2 aliphatic rings. The van der Waals surface area contributed by atoms with E-state index in [9.17, 15) is 24.8 Å². The average molecular weight is 619 g/mol. The number of piperazine rings is 2. The molecule has 4 atom stereocenters. The SMILES string of the molecule is CC(C)(CN1CC(O)N(C(=O)N2C(O)CN(CC(C)(C)SN=O)CC2c2cccnc2)C(c2cccnc2)C1)SN=O. The van der Waals surface area contributed by atoms with E-state index in [2.05, 4.69) is 19.1 Å². The Morgan fingerprint density at radius 3 is 1.55 bits per heavy atom. The van der Waals surface area contributed by atoms with E-state index in [-0.39, 0.29) is 13.1 Å². The first-order chi connectivity index (χ1) is 19.9. The summed E-state index contributed by atoms with van der Waals surface area (Å²) in [7, 11) is 0. The molecule has 228 valence electrons. The second-order valence-corrected chi connectivity index (χ2v) is 14.8. The number of aliphatic hydroxyl groups excluding tert-OH is 2. The zero-order chi connectivity index (χ0) is 30.5. The van der Waals surface area contributed by atoms with Crippen molar-refractivity contribution < 1.29 is 15.0 Å². The first kappa shape index (κ1) is 32.2.